The maximum Gasteiger partial charge on any atom is 0.231 e. The first kappa shape index (κ1) is 18.2. The van der Waals surface area contributed by atoms with Crippen molar-refractivity contribution >= 4 is 28.3 Å². The van der Waals surface area contributed by atoms with Crippen molar-refractivity contribution in [2.45, 2.75) is 52.0 Å². The Kier molecular flexibility index (Phi) is 5.25. The Balaban J connectivity index is 1.37. The second kappa shape index (κ2) is 7.80. The Morgan fingerprint density at radius 3 is 2.81 bits per heavy atom. The summed E-state index contributed by atoms with van der Waals surface area (Å²) >= 11 is 1.60. The molecule has 1 aromatic carbocycles. The van der Waals surface area contributed by atoms with E-state index in [4.69, 9.17) is 0 Å². The monoisotopic (exact) mass is 383 g/mol. The van der Waals surface area contributed by atoms with E-state index >= 15 is 0 Å². The highest BCUT2D eigenvalue weighted by Gasteiger charge is 2.34. The lowest BCUT2D eigenvalue weighted by Crippen LogP contribution is -2.28. The van der Waals surface area contributed by atoms with Crippen LogP contribution >= 0.6 is 11.3 Å². The van der Waals surface area contributed by atoms with Crippen LogP contribution in [0.5, 0.6) is 0 Å². The molecule has 2 heterocycles. The summed E-state index contributed by atoms with van der Waals surface area (Å²) in [6.07, 6.45) is 5.99. The Morgan fingerprint density at radius 1 is 1.22 bits per heavy atom. The summed E-state index contributed by atoms with van der Waals surface area (Å²) in [5.41, 5.74) is 3.44. The molecule has 1 aliphatic carbocycles. The zero-order chi connectivity index (χ0) is 18.8. The first-order valence-electron chi connectivity index (χ1n) is 9.71. The molecule has 2 aliphatic rings. The minimum atomic E-state index is -0.299. The molecule has 0 saturated carbocycles. The van der Waals surface area contributed by atoms with Gasteiger partial charge in [0.2, 0.25) is 11.8 Å². The van der Waals surface area contributed by atoms with Gasteiger partial charge in [0.25, 0.3) is 0 Å². The van der Waals surface area contributed by atoms with Crippen LogP contribution in [-0.4, -0.2) is 28.2 Å². The number of anilines is 1. The number of benzene rings is 1. The quantitative estimate of drug-likeness (QED) is 0.819. The van der Waals surface area contributed by atoms with Crippen LogP contribution in [-0.2, 0) is 29.0 Å². The van der Waals surface area contributed by atoms with Crippen molar-refractivity contribution in [1.82, 2.24) is 9.88 Å². The lowest BCUT2D eigenvalue weighted by atomic mass is 10.1. The fourth-order valence-corrected chi connectivity index (χ4v) is 4.86. The van der Waals surface area contributed by atoms with E-state index < -0.39 is 0 Å². The molecule has 0 radical (unpaired) electrons. The van der Waals surface area contributed by atoms with Crippen molar-refractivity contribution in [1.29, 1.82) is 0 Å². The standard InChI is InChI=1S/C21H25N3O2S/c1-14-7-9-15(10-8-14)12-24-13-16(11-19(24)25)20(26)23-21-22-17-5-3-2-4-6-18(17)27-21/h7-10,16H,2-6,11-13H2,1H3,(H,22,23,26)/t16-/m0/s1. The van der Waals surface area contributed by atoms with Gasteiger partial charge in [-0.05, 0) is 38.2 Å². The van der Waals surface area contributed by atoms with Crippen molar-refractivity contribution in [3.8, 4) is 0 Å². The second-order valence-corrected chi connectivity index (χ2v) is 8.68. The maximum atomic E-state index is 12.7. The van der Waals surface area contributed by atoms with Crippen molar-refractivity contribution in [2.75, 3.05) is 11.9 Å². The fraction of sp³-hybridized carbons (Fsp3) is 0.476. The number of nitrogens with zero attached hydrogens (tertiary/aromatic N) is 2. The highest BCUT2D eigenvalue weighted by molar-refractivity contribution is 7.15. The summed E-state index contributed by atoms with van der Waals surface area (Å²) in [4.78, 5) is 32.7. The van der Waals surface area contributed by atoms with Gasteiger partial charge in [0.1, 0.15) is 0 Å². The van der Waals surface area contributed by atoms with Gasteiger partial charge in [-0.25, -0.2) is 4.98 Å². The molecule has 0 spiro atoms. The first-order valence-corrected chi connectivity index (χ1v) is 10.5. The fourth-order valence-electron chi connectivity index (χ4n) is 3.80. The molecule has 4 rings (SSSR count). The maximum absolute atomic E-state index is 12.7. The third-order valence-corrected chi connectivity index (χ3v) is 6.48. The van der Waals surface area contributed by atoms with Gasteiger partial charge >= 0.3 is 0 Å². The minimum Gasteiger partial charge on any atom is -0.338 e. The SMILES string of the molecule is Cc1ccc(CN2C[C@@H](C(=O)Nc3nc4c(s3)CCCCC4)CC2=O)cc1. The predicted octanol–water partition coefficient (Wildman–Crippen LogP) is 3.71. The van der Waals surface area contributed by atoms with Crippen molar-refractivity contribution in [3.63, 3.8) is 0 Å². The Bertz CT molecular complexity index is 820. The summed E-state index contributed by atoms with van der Waals surface area (Å²) in [5.74, 6) is -0.337. The van der Waals surface area contributed by atoms with Crippen LogP contribution in [0, 0.1) is 12.8 Å². The molecule has 5 nitrogen and oxygen atoms in total. The van der Waals surface area contributed by atoms with E-state index in [0.29, 0.717) is 18.2 Å². The molecule has 0 unspecified atom stereocenters. The number of amides is 2. The van der Waals surface area contributed by atoms with Gasteiger partial charge in [0, 0.05) is 24.4 Å². The van der Waals surface area contributed by atoms with Gasteiger partial charge in [-0.1, -0.05) is 36.2 Å². The molecule has 0 bridgehead atoms. The summed E-state index contributed by atoms with van der Waals surface area (Å²) < 4.78 is 0. The molecule has 1 aromatic heterocycles. The van der Waals surface area contributed by atoms with Gasteiger partial charge in [-0.15, -0.1) is 11.3 Å². The van der Waals surface area contributed by atoms with Gasteiger partial charge in [0.05, 0.1) is 11.6 Å². The molecule has 1 N–H and O–H groups in total. The predicted molar refractivity (Wildman–Crippen MR) is 107 cm³/mol. The van der Waals surface area contributed by atoms with Crippen molar-refractivity contribution in [3.05, 3.63) is 46.0 Å². The molecular weight excluding hydrogens is 358 g/mol. The van der Waals surface area contributed by atoms with Crippen LogP contribution in [0.25, 0.3) is 0 Å². The summed E-state index contributed by atoms with van der Waals surface area (Å²) in [5, 5.41) is 3.65. The van der Waals surface area contributed by atoms with E-state index in [-0.39, 0.29) is 24.2 Å². The second-order valence-electron chi connectivity index (χ2n) is 7.60. The molecule has 142 valence electrons. The number of hydrogen-bond acceptors (Lipinski definition) is 4. The average Bonchev–Trinajstić information content (AvgIpc) is 3.13. The molecule has 1 atom stereocenters. The lowest BCUT2D eigenvalue weighted by molar-refractivity contribution is -0.128. The number of nitrogens with one attached hydrogen (secondary N) is 1. The molecule has 1 aliphatic heterocycles. The molecule has 1 fully saturated rings. The molecule has 2 aromatic rings. The Labute approximate surface area is 163 Å². The first-order chi connectivity index (χ1) is 13.1. The number of carbonyl (C=O) groups is 2. The number of rotatable bonds is 4. The molecule has 2 amide bonds. The Morgan fingerprint density at radius 2 is 2.00 bits per heavy atom. The van der Waals surface area contributed by atoms with Gasteiger partial charge < -0.3 is 10.2 Å². The van der Waals surface area contributed by atoms with E-state index in [1.807, 2.05) is 31.2 Å². The van der Waals surface area contributed by atoms with Crippen LogP contribution in [0.2, 0.25) is 0 Å². The normalized spacial score (nSPS) is 19.7. The molecule has 1 saturated heterocycles. The average molecular weight is 384 g/mol. The van der Waals surface area contributed by atoms with Crippen molar-refractivity contribution < 1.29 is 9.59 Å². The molecule has 6 heteroatoms. The highest BCUT2D eigenvalue weighted by atomic mass is 32.1. The number of aryl methyl sites for hydroxylation is 3. The van der Waals surface area contributed by atoms with Gasteiger partial charge in [-0.2, -0.15) is 0 Å². The van der Waals surface area contributed by atoms with Crippen molar-refractivity contribution in [2.24, 2.45) is 5.92 Å². The number of carbonyl (C=O) groups excluding carboxylic acids is 2. The van der Waals surface area contributed by atoms with Crippen LogP contribution in [0.15, 0.2) is 24.3 Å². The number of likely N-dealkylation sites (tertiary alicyclic amines) is 1. The van der Waals surface area contributed by atoms with E-state index in [9.17, 15) is 9.59 Å². The van der Waals surface area contributed by atoms with Crippen LogP contribution in [0.3, 0.4) is 0 Å². The summed E-state index contributed by atoms with van der Waals surface area (Å²) in [6.45, 7) is 3.08. The van der Waals surface area contributed by atoms with Crippen LogP contribution in [0.4, 0.5) is 5.13 Å². The zero-order valence-electron chi connectivity index (χ0n) is 15.7. The highest BCUT2D eigenvalue weighted by Crippen LogP contribution is 2.30. The third-order valence-electron chi connectivity index (χ3n) is 5.41. The number of thiazole rings is 1. The van der Waals surface area contributed by atoms with E-state index in [1.165, 1.54) is 29.7 Å². The topological polar surface area (TPSA) is 62.3 Å². The Hall–Kier alpha value is -2.21. The summed E-state index contributed by atoms with van der Waals surface area (Å²) in [6, 6.07) is 8.18. The molecular formula is C21H25N3O2S. The van der Waals surface area contributed by atoms with E-state index in [2.05, 4.69) is 10.3 Å². The van der Waals surface area contributed by atoms with E-state index in [1.54, 1.807) is 16.2 Å². The third kappa shape index (κ3) is 4.21. The van der Waals surface area contributed by atoms with E-state index in [0.717, 1.165) is 24.1 Å². The van der Waals surface area contributed by atoms with Gasteiger partial charge in [-0.3, -0.25) is 9.59 Å². The largest absolute Gasteiger partial charge is 0.338 e. The number of fused-ring (bicyclic) bond motifs is 1. The zero-order valence-corrected chi connectivity index (χ0v) is 16.5. The summed E-state index contributed by atoms with van der Waals surface area (Å²) in [7, 11) is 0. The molecule has 27 heavy (non-hydrogen) atoms. The van der Waals surface area contributed by atoms with Crippen LogP contribution < -0.4 is 5.32 Å². The van der Waals surface area contributed by atoms with Gasteiger partial charge in [0.15, 0.2) is 5.13 Å². The minimum absolute atomic E-state index is 0.0469. The number of aromatic nitrogens is 1. The number of hydrogen-bond donors (Lipinski definition) is 1. The smallest absolute Gasteiger partial charge is 0.231 e. The van der Waals surface area contributed by atoms with Crippen LogP contribution in [0.1, 0.15) is 47.4 Å². The lowest BCUT2D eigenvalue weighted by Gasteiger charge is -2.16.